The van der Waals surface area contributed by atoms with Crippen LogP contribution in [0.25, 0.3) is 0 Å². The highest BCUT2D eigenvalue weighted by Gasteiger charge is 2.24. The first-order valence-electron chi connectivity index (χ1n) is 4.88. The van der Waals surface area contributed by atoms with Gasteiger partial charge in [0, 0.05) is 5.56 Å². The van der Waals surface area contributed by atoms with Crippen LogP contribution in [-0.4, -0.2) is 9.97 Å². The Labute approximate surface area is 87.5 Å². The third-order valence-corrected chi connectivity index (χ3v) is 3.06. The summed E-state index contributed by atoms with van der Waals surface area (Å²) in [5.74, 6) is 0.165. The second-order valence-electron chi connectivity index (χ2n) is 3.64. The molecule has 0 bridgehead atoms. The molecule has 0 aliphatic heterocycles. The molecule has 2 rings (SSSR count). The molecule has 1 fully saturated rings. The van der Waals surface area contributed by atoms with Crippen LogP contribution in [0.1, 0.15) is 42.9 Å². The van der Waals surface area contributed by atoms with Crippen molar-refractivity contribution in [1.29, 1.82) is 0 Å². The van der Waals surface area contributed by atoms with E-state index in [1.807, 2.05) is 0 Å². The lowest BCUT2D eigenvalue weighted by Crippen LogP contribution is -2.06. The Bertz CT molecular complexity index is 324. The lowest BCUT2D eigenvalue weighted by Gasteiger charge is -2.12. The SMILES string of the molecule is Fc1ncnc(CCl)c1C1CCCC1. The first-order chi connectivity index (χ1) is 6.83. The molecule has 4 heteroatoms. The van der Waals surface area contributed by atoms with Crippen molar-refractivity contribution in [3.05, 3.63) is 23.5 Å². The maximum atomic E-state index is 13.5. The van der Waals surface area contributed by atoms with Crippen LogP contribution in [0.3, 0.4) is 0 Å². The molecule has 0 aromatic carbocycles. The van der Waals surface area contributed by atoms with Crippen LogP contribution < -0.4 is 0 Å². The van der Waals surface area contributed by atoms with Gasteiger partial charge in [0.1, 0.15) is 6.33 Å². The summed E-state index contributed by atoms with van der Waals surface area (Å²) < 4.78 is 13.5. The highest BCUT2D eigenvalue weighted by atomic mass is 35.5. The smallest absolute Gasteiger partial charge is 0.219 e. The fourth-order valence-electron chi connectivity index (χ4n) is 2.13. The Morgan fingerprint density at radius 2 is 2.07 bits per heavy atom. The first-order valence-corrected chi connectivity index (χ1v) is 5.41. The van der Waals surface area contributed by atoms with Crippen molar-refractivity contribution in [2.24, 2.45) is 0 Å². The zero-order valence-corrected chi connectivity index (χ0v) is 8.60. The van der Waals surface area contributed by atoms with Gasteiger partial charge in [0.25, 0.3) is 0 Å². The molecule has 0 saturated heterocycles. The van der Waals surface area contributed by atoms with E-state index in [2.05, 4.69) is 9.97 Å². The van der Waals surface area contributed by atoms with Gasteiger partial charge >= 0.3 is 0 Å². The lowest BCUT2D eigenvalue weighted by molar-refractivity contribution is 0.533. The van der Waals surface area contributed by atoms with E-state index in [1.54, 1.807) is 0 Å². The van der Waals surface area contributed by atoms with Crippen LogP contribution in [0.2, 0.25) is 0 Å². The van der Waals surface area contributed by atoms with Crippen LogP contribution >= 0.6 is 11.6 Å². The van der Waals surface area contributed by atoms with E-state index < -0.39 is 0 Å². The van der Waals surface area contributed by atoms with Crippen LogP contribution in [0.5, 0.6) is 0 Å². The minimum Gasteiger partial charge on any atom is -0.240 e. The summed E-state index contributed by atoms with van der Waals surface area (Å²) in [7, 11) is 0. The van der Waals surface area contributed by atoms with Crippen molar-refractivity contribution >= 4 is 11.6 Å². The Morgan fingerprint density at radius 3 is 2.71 bits per heavy atom. The molecular weight excluding hydrogens is 203 g/mol. The van der Waals surface area contributed by atoms with E-state index in [1.165, 1.54) is 19.2 Å². The Morgan fingerprint density at radius 1 is 1.36 bits per heavy atom. The summed E-state index contributed by atoms with van der Waals surface area (Å²) in [4.78, 5) is 7.62. The van der Waals surface area contributed by atoms with Crippen molar-refractivity contribution in [1.82, 2.24) is 9.97 Å². The highest BCUT2D eigenvalue weighted by Crippen LogP contribution is 2.36. The number of rotatable bonds is 2. The van der Waals surface area contributed by atoms with Crippen LogP contribution in [0, 0.1) is 5.95 Å². The second-order valence-corrected chi connectivity index (χ2v) is 3.91. The van der Waals surface area contributed by atoms with Crippen molar-refractivity contribution in [2.45, 2.75) is 37.5 Å². The minimum absolute atomic E-state index is 0.269. The average Bonchev–Trinajstić information content (AvgIpc) is 2.70. The molecule has 0 atom stereocenters. The zero-order chi connectivity index (χ0) is 9.97. The Balaban J connectivity index is 2.37. The van der Waals surface area contributed by atoms with Crippen molar-refractivity contribution in [3.8, 4) is 0 Å². The van der Waals surface area contributed by atoms with Gasteiger partial charge < -0.3 is 0 Å². The second kappa shape index (κ2) is 4.22. The molecule has 1 aromatic rings. The van der Waals surface area contributed by atoms with Gasteiger partial charge in [-0.25, -0.2) is 9.97 Å². The van der Waals surface area contributed by atoms with E-state index in [-0.39, 0.29) is 17.7 Å². The average molecular weight is 215 g/mol. The monoisotopic (exact) mass is 214 g/mol. The largest absolute Gasteiger partial charge is 0.240 e. The molecule has 0 amide bonds. The summed E-state index contributed by atoms with van der Waals surface area (Å²) in [5, 5.41) is 0. The van der Waals surface area contributed by atoms with Crippen LogP contribution in [0.15, 0.2) is 6.33 Å². The van der Waals surface area contributed by atoms with Crippen LogP contribution in [-0.2, 0) is 5.88 Å². The molecule has 0 spiro atoms. The fraction of sp³-hybridized carbons (Fsp3) is 0.600. The molecule has 1 aromatic heterocycles. The third kappa shape index (κ3) is 1.73. The summed E-state index contributed by atoms with van der Waals surface area (Å²) in [6.45, 7) is 0. The van der Waals surface area contributed by atoms with Gasteiger partial charge in [-0.1, -0.05) is 12.8 Å². The Hall–Kier alpha value is -0.700. The van der Waals surface area contributed by atoms with Crippen molar-refractivity contribution in [3.63, 3.8) is 0 Å². The Kier molecular flexibility index (Phi) is 2.96. The van der Waals surface area contributed by atoms with Gasteiger partial charge in [-0.15, -0.1) is 11.6 Å². The fourth-order valence-corrected chi connectivity index (χ4v) is 2.35. The van der Waals surface area contributed by atoms with Gasteiger partial charge in [0.05, 0.1) is 11.6 Å². The molecule has 14 heavy (non-hydrogen) atoms. The molecule has 1 saturated carbocycles. The van der Waals surface area contributed by atoms with E-state index >= 15 is 0 Å². The molecule has 0 N–H and O–H groups in total. The molecule has 0 unspecified atom stereocenters. The number of alkyl halides is 1. The number of aromatic nitrogens is 2. The van der Waals surface area contributed by atoms with Gasteiger partial charge in [0.15, 0.2) is 0 Å². The van der Waals surface area contributed by atoms with E-state index in [0.29, 0.717) is 11.3 Å². The quantitative estimate of drug-likeness (QED) is 0.559. The number of hydrogen-bond acceptors (Lipinski definition) is 2. The van der Waals surface area contributed by atoms with E-state index in [4.69, 9.17) is 11.6 Å². The summed E-state index contributed by atoms with van der Waals surface area (Å²) in [6.07, 6.45) is 5.65. The minimum atomic E-state index is -0.387. The van der Waals surface area contributed by atoms with Gasteiger partial charge in [0.2, 0.25) is 5.95 Å². The molecule has 1 heterocycles. The zero-order valence-electron chi connectivity index (χ0n) is 7.84. The lowest BCUT2D eigenvalue weighted by atomic mass is 9.97. The number of nitrogens with zero attached hydrogens (tertiary/aromatic N) is 2. The normalized spacial score (nSPS) is 17.6. The van der Waals surface area contributed by atoms with Gasteiger partial charge in [-0.2, -0.15) is 4.39 Å². The standard InChI is InChI=1S/C10H12ClFN2/c11-5-8-9(7-3-1-2-4-7)10(12)14-6-13-8/h6-7H,1-5H2. The number of hydrogen-bond donors (Lipinski definition) is 0. The third-order valence-electron chi connectivity index (χ3n) is 2.81. The highest BCUT2D eigenvalue weighted by molar-refractivity contribution is 6.17. The molecule has 76 valence electrons. The summed E-state index contributed by atoms with van der Waals surface area (Å²) in [5.41, 5.74) is 1.31. The van der Waals surface area contributed by atoms with E-state index in [0.717, 1.165) is 12.8 Å². The summed E-state index contributed by atoms with van der Waals surface area (Å²) in [6, 6.07) is 0. The predicted octanol–water partition coefficient (Wildman–Crippen LogP) is 3.01. The predicted molar refractivity (Wildman–Crippen MR) is 52.8 cm³/mol. The molecular formula is C10H12ClFN2. The molecule has 2 nitrogen and oxygen atoms in total. The van der Waals surface area contributed by atoms with Gasteiger partial charge in [-0.3, -0.25) is 0 Å². The molecule has 0 radical (unpaired) electrons. The van der Waals surface area contributed by atoms with Crippen molar-refractivity contribution < 1.29 is 4.39 Å². The number of halogens is 2. The maximum Gasteiger partial charge on any atom is 0.219 e. The van der Waals surface area contributed by atoms with Crippen LogP contribution in [0.4, 0.5) is 4.39 Å². The first kappa shape index (κ1) is 9.84. The molecule has 1 aliphatic carbocycles. The topological polar surface area (TPSA) is 25.8 Å². The van der Waals surface area contributed by atoms with E-state index in [9.17, 15) is 4.39 Å². The van der Waals surface area contributed by atoms with Crippen molar-refractivity contribution in [2.75, 3.05) is 0 Å². The summed E-state index contributed by atoms with van der Waals surface area (Å²) >= 11 is 5.73. The van der Waals surface area contributed by atoms with Gasteiger partial charge in [-0.05, 0) is 18.8 Å². The molecule has 1 aliphatic rings. The maximum absolute atomic E-state index is 13.5.